The first-order valence-corrected chi connectivity index (χ1v) is 8.29. The van der Waals surface area contributed by atoms with E-state index in [-0.39, 0.29) is 23.0 Å². The highest BCUT2D eigenvalue weighted by Crippen LogP contribution is 2.13. The molecule has 1 aromatic carbocycles. The fourth-order valence-electron chi connectivity index (χ4n) is 2.13. The van der Waals surface area contributed by atoms with Crippen LogP contribution >= 0.6 is 11.8 Å². The molecule has 6 nitrogen and oxygen atoms in total. The Balaban J connectivity index is 1.57. The molecule has 124 valence electrons. The molecule has 1 N–H and O–H groups in total. The van der Waals surface area contributed by atoms with Crippen LogP contribution in [0.2, 0.25) is 0 Å². The molecule has 0 aliphatic rings. The number of halogens is 1. The Morgan fingerprint density at radius 2 is 2.08 bits per heavy atom. The normalized spacial score (nSPS) is 10.9. The highest BCUT2D eigenvalue weighted by atomic mass is 32.2. The summed E-state index contributed by atoms with van der Waals surface area (Å²) in [6.45, 7) is 1.74. The van der Waals surface area contributed by atoms with E-state index in [9.17, 15) is 14.0 Å². The van der Waals surface area contributed by atoms with Gasteiger partial charge in [0, 0.05) is 23.6 Å². The number of nitrogens with one attached hydrogen (secondary N) is 1. The van der Waals surface area contributed by atoms with Crippen LogP contribution in [0.25, 0.3) is 5.65 Å². The Bertz CT molecular complexity index is 934. The fourth-order valence-corrected chi connectivity index (χ4v) is 2.84. The average molecular weight is 347 g/mol. The van der Waals surface area contributed by atoms with E-state index in [0.717, 1.165) is 4.57 Å². The molecule has 3 rings (SSSR count). The van der Waals surface area contributed by atoms with Crippen molar-refractivity contribution in [2.75, 3.05) is 11.1 Å². The number of aromatic nitrogens is 2. The number of carbonyl (C=O) groups excluding carboxylic acids is 1. The molecule has 8 heteroatoms. The SMILES string of the molecule is Cc1cc2nc(CSCC(=O)Nc3ccc(F)cc3)cc(=O)n2o1. The van der Waals surface area contributed by atoms with Gasteiger partial charge < -0.3 is 9.84 Å². The van der Waals surface area contributed by atoms with Crippen molar-refractivity contribution < 1.29 is 13.7 Å². The monoisotopic (exact) mass is 347 g/mol. The quantitative estimate of drug-likeness (QED) is 0.768. The van der Waals surface area contributed by atoms with Gasteiger partial charge in [-0.3, -0.25) is 9.59 Å². The molecule has 0 fully saturated rings. The average Bonchev–Trinajstić information content (AvgIpc) is 2.91. The molecule has 0 unspecified atom stereocenters. The summed E-state index contributed by atoms with van der Waals surface area (Å²) in [4.78, 5) is 28.1. The molecule has 0 radical (unpaired) electrons. The highest BCUT2D eigenvalue weighted by molar-refractivity contribution is 7.99. The lowest BCUT2D eigenvalue weighted by Gasteiger charge is -2.05. The Morgan fingerprint density at radius 1 is 1.33 bits per heavy atom. The van der Waals surface area contributed by atoms with Crippen LogP contribution in [-0.4, -0.2) is 21.2 Å². The zero-order valence-corrected chi connectivity index (χ0v) is 13.6. The molecule has 0 atom stereocenters. The van der Waals surface area contributed by atoms with Crippen molar-refractivity contribution >= 4 is 29.0 Å². The van der Waals surface area contributed by atoms with E-state index >= 15 is 0 Å². The number of nitrogens with zero attached hydrogens (tertiary/aromatic N) is 2. The van der Waals surface area contributed by atoms with Gasteiger partial charge in [-0.15, -0.1) is 16.3 Å². The number of aryl methyl sites for hydroxylation is 1. The Labute approximate surface area is 140 Å². The molecule has 0 bridgehead atoms. The number of thioether (sulfide) groups is 1. The highest BCUT2D eigenvalue weighted by Gasteiger charge is 2.08. The van der Waals surface area contributed by atoms with Gasteiger partial charge in [0.2, 0.25) is 5.91 Å². The zero-order valence-electron chi connectivity index (χ0n) is 12.8. The molecule has 2 heterocycles. The molecule has 0 aliphatic heterocycles. The van der Waals surface area contributed by atoms with Crippen LogP contribution in [0.4, 0.5) is 10.1 Å². The zero-order chi connectivity index (χ0) is 17.1. The van der Waals surface area contributed by atoms with Gasteiger partial charge in [-0.2, -0.15) is 0 Å². The van der Waals surface area contributed by atoms with Gasteiger partial charge >= 0.3 is 0 Å². The molecule has 0 spiro atoms. The van der Waals surface area contributed by atoms with Crippen LogP contribution in [0.5, 0.6) is 0 Å². The number of hydrogen-bond donors (Lipinski definition) is 1. The van der Waals surface area contributed by atoms with Crippen molar-refractivity contribution in [1.29, 1.82) is 0 Å². The van der Waals surface area contributed by atoms with Crippen LogP contribution in [0.1, 0.15) is 11.5 Å². The number of benzene rings is 1. The maximum Gasteiger partial charge on any atom is 0.287 e. The number of anilines is 1. The first-order valence-electron chi connectivity index (χ1n) is 7.14. The minimum atomic E-state index is -0.357. The van der Waals surface area contributed by atoms with Crippen molar-refractivity contribution in [2.24, 2.45) is 0 Å². The first-order chi connectivity index (χ1) is 11.5. The van der Waals surface area contributed by atoms with Crippen molar-refractivity contribution in [3.05, 3.63) is 64.0 Å². The van der Waals surface area contributed by atoms with Crippen molar-refractivity contribution in [1.82, 2.24) is 9.56 Å². The molecule has 0 saturated carbocycles. The number of hydrogen-bond acceptors (Lipinski definition) is 5. The van der Waals surface area contributed by atoms with Crippen LogP contribution in [0.15, 0.2) is 45.7 Å². The summed E-state index contributed by atoms with van der Waals surface area (Å²) in [6.07, 6.45) is 0. The van der Waals surface area contributed by atoms with Crippen molar-refractivity contribution in [2.45, 2.75) is 12.7 Å². The molecule has 0 saturated heterocycles. The van der Waals surface area contributed by atoms with E-state index in [1.165, 1.54) is 42.1 Å². The second kappa shape index (κ2) is 6.88. The van der Waals surface area contributed by atoms with E-state index in [4.69, 9.17) is 4.52 Å². The molecule has 0 aliphatic carbocycles. The number of amides is 1. The summed E-state index contributed by atoms with van der Waals surface area (Å²) in [5.74, 6) is 0.659. The topological polar surface area (TPSA) is 76.6 Å². The summed E-state index contributed by atoms with van der Waals surface area (Å²) in [7, 11) is 0. The third-order valence-corrected chi connectivity index (χ3v) is 4.10. The maximum atomic E-state index is 12.8. The number of rotatable bonds is 5. The van der Waals surface area contributed by atoms with E-state index < -0.39 is 0 Å². The summed E-state index contributed by atoms with van der Waals surface area (Å²) < 4.78 is 19.1. The van der Waals surface area contributed by atoms with E-state index in [1.54, 1.807) is 13.0 Å². The van der Waals surface area contributed by atoms with Crippen LogP contribution < -0.4 is 10.9 Å². The first kappa shape index (κ1) is 16.3. The van der Waals surface area contributed by atoms with E-state index in [2.05, 4.69) is 10.3 Å². The van der Waals surface area contributed by atoms with Gasteiger partial charge in [-0.1, -0.05) is 0 Å². The van der Waals surface area contributed by atoms with E-state index in [1.807, 2.05) is 0 Å². The minimum Gasteiger partial charge on any atom is -0.375 e. The Kier molecular flexibility index (Phi) is 4.66. The third kappa shape index (κ3) is 3.83. The van der Waals surface area contributed by atoms with Gasteiger partial charge in [-0.25, -0.2) is 9.37 Å². The van der Waals surface area contributed by atoms with Crippen molar-refractivity contribution in [3.8, 4) is 0 Å². The lowest BCUT2D eigenvalue weighted by molar-refractivity contribution is -0.113. The van der Waals surface area contributed by atoms with Gasteiger partial charge in [-0.05, 0) is 31.2 Å². The molecule has 2 aromatic heterocycles. The molecular weight excluding hydrogens is 333 g/mol. The smallest absolute Gasteiger partial charge is 0.287 e. The standard InChI is InChI=1S/C16H14FN3O3S/c1-10-6-14-18-13(7-16(22)20(14)23-10)8-24-9-15(21)19-12-4-2-11(17)3-5-12/h2-7H,8-9H2,1H3,(H,19,21). The number of carbonyl (C=O) groups is 1. The van der Waals surface area contributed by atoms with Crippen LogP contribution in [0.3, 0.4) is 0 Å². The fraction of sp³-hybridized carbons (Fsp3) is 0.188. The molecule has 3 aromatic rings. The predicted molar refractivity (Wildman–Crippen MR) is 89.7 cm³/mol. The Hall–Kier alpha value is -2.61. The molecule has 1 amide bonds. The maximum absolute atomic E-state index is 12.8. The molecular formula is C16H14FN3O3S. The van der Waals surface area contributed by atoms with Gasteiger partial charge in [0.15, 0.2) is 5.65 Å². The van der Waals surface area contributed by atoms with Gasteiger partial charge in [0.25, 0.3) is 5.56 Å². The largest absolute Gasteiger partial charge is 0.375 e. The van der Waals surface area contributed by atoms with Crippen LogP contribution in [-0.2, 0) is 10.5 Å². The number of fused-ring (bicyclic) bond motifs is 1. The van der Waals surface area contributed by atoms with E-state index in [0.29, 0.717) is 28.5 Å². The van der Waals surface area contributed by atoms with Crippen molar-refractivity contribution in [3.63, 3.8) is 0 Å². The summed E-state index contributed by atoms with van der Waals surface area (Å²) in [5, 5.41) is 2.67. The second-order valence-electron chi connectivity index (χ2n) is 5.13. The minimum absolute atomic E-state index is 0.197. The second-order valence-corrected chi connectivity index (χ2v) is 6.12. The molecule has 24 heavy (non-hydrogen) atoms. The Morgan fingerprint density at radius 3 is 2.83 bits per heavy atom. The summed E-state index contributed by atoms with van der Waals surface area (Å²) in [5.41, 5.74) is 1.28. The predicted octanol–water partition coefficient (Wildman–Crippen LogP) is 2.61. The lowest BCUT2D eigenvalue weighted by Crippen LogP contribution is -2.15. The van der Waals surface area contributed by atoms with Gasteiger partial charge in [0.1, 0.15) is 11.6 Å². The lowest BCUT2D eigenvalue weighted by atomic mass is 10.3. The third-order valence-electron chi connectivity index (χ3n) is 3.14. The van der Waals surface area contributed by atoms with Gasteiger partial charge in [0.05, 0.1) is 11.4 Å². The summed E-state index contributed by atoms with van der Waals surface area (Å²) in [6, 6.07) is 8.62. The summed E-state index contributed by atoms with van der Waals surface area (Å²) >= 11 is 1.33. The van der Waals surface area contributed by atoms with Crippen LogP contribution in [0, 0.1) is 12.7 Å².